The first-order chi connectivity index (χ1) is 15.6. The number of pyridine rings is 1. The summed E-state index contributed by atoms with van der Waals surface area (Å²) < 4.78 is 7.03. The van der Waals surface area contributed by atoms with Gasteiger partial charge in [0, 0.05) is 40.6 Å². The smallest absolute Gasteiger partial charge is 0.329 e. The molecule has 3 aromatic rings. The Morgan fingerprint density at radius 2 is 1.81 bits per heavy atom. The Kier molecular flexibility index (Phi) is 6.75. The molecule has 1 aliphatic carbocycles. The zero-order valence-electron chi connectivity index (χ0n) is 17.9. The molecule has 0 saturated heterocycles. The van der Waals surface area contributed by atoms with E-state index in [2.05, 4.69) is 4.98 Å². The van der Waals surface area contributed by atoms with Crippen LogP contribution in [0.5, 0.6) is 0 Å². The minimum atomic E-state index is -0.988. The molecule has 0 spiro atoms. The minimum Gasteiger partial charge on any atom is -0.480 e. The highest BCUT2D eigenvalue weighted by Crippen LogP contribution is 2.38. The molecule has 0 radical (unpaired) electrons. The van der Waals surface area contributed by atoms with Crippen molar-refractivity contribution in [3.8, 4) is 22.4 Å². The molecule has 1 saturated carbocycles. The molecule has 32 heavy (non-hydrogen) atoms. The molecule has 7 heteroatoms. The average Bonchev–Trinajstić information content (AvgIpc) is 2.82. The van der Waals surface area contributed by atoms with Crippen molar-refractivity contribution in [3.63, 3.8) is 0 Å². The van der Waals surface area contributed by atoms with E-state index in [0.717, 1.165) is 54.5 Å². The normalized spacial score (nSPS) is 15.4. The second-order valence-corrected chi connectivity index (χ2v) is 8.46. The van der Waals surface area contributed by atoms with Gasteiger partial charge in [-0.2, -0.15) is 5.10 Å². The number of hydrogen-bond acceptors (Lipinski definition) is 5. The molecule has 7 nitrogen and oxygen atoms in total. The number of aromatic nitrogens is 3. The number of ether oxygens (including phenoxy) is 1. The van der Waals surface area contributed by atoms with Crippen molar-refractivity contribution in [3.05, 3.63) is 71.3 Å². The van der Waals surface area contributed by atoms with Crippen molar-refractivity contribution in [2.24, 2.45) is 5.41 Å². The number of aliphatic carboxylic acids is 1. The standard InChI is InChI=1S/C25H27N3O4/c29-22-14-21(20-10-7-13-26-15-20)24(19-8-3-1-4-9-19)27-28(22)17-25(11-5-2-6-12-25)18-32-16-23(30)31/h1,3-4,7-10,13-15H,2,5-6,11-12,16-18H2,(H,30,31). The van der Waals surface area contributed by atoms with Crippen molar-refractivity contribution < 1.29 is 14.6 Å². The van der Waals surface area contributed by atoms with Crippen molar-refractivity contribution in [1.82, 2.24) is 14.8 Å². The Hall–Kier alpha value is -3.32. The van der Waals surface area contributed by atoms with Gasteiger partial charge in [-0.1, -0.05) is 55.7 Å². The second kappa shape index (κ2) is 9.87. The summed E-state index contributed by atoms with van der Waals surface area (Å²) >= 11 is 0. The van der Waals surface area contributed by atoms with E-state index in [9.17, 15) is 9.59 Å². The monoisotopic (exact) mass is 433 g/mol. The largest absolute Gasteiger partial charge is 0.480 e. The van der Waals surface area contributed by atoms with Crippen LogP contribution in [0.15, 0.2) is 65.7 Å². The summed E-state index contributed by atoms with van der Waals surface area (Å²) in [4.78, 5) is 28.3. The predicted octanol–water partition coefficient (Wildman–Crippen LogP) is 4.02. The van der Waals surface area contributed by atoms with Gasteiger partial charge in [-0.05, 0) is 18.9 Å². The number of rotatable bonds is 8. The van der Waals surface area contributed by atoms with E-state index in [1.807, 2.05) is 42.5 Å². The molecule has 2 heterocycles. The SMILES string of the molecule is O=C(O)COCC1(Cn2nc(-c3ccccc3)c(-c3cccnc3)cc2=O)CCCCC1. The predicted molar refractivity (Wildman–Crippen MR) is 121 cm³/mol. The number of carbonyl (C=O) groups is 1. The van der Waals surface area contributed by atoms with Crippen molar-refractivity contribution in [2.75, 3.05) is 13.2 Å². The van der Waals surface area contributed by atoms with Crippen molar-refractivity contribution in [2.45, 2.75) is 38.6 Å². The van der Waals surface area contributed by atoms with Crippen LogP contribution in [0.4, 0.5) is 0 Å². The summed E-state index contributed by atoms with van der Waals surface area (Å²) in [5.41, 5.74) is 2.72. The lowest BCUT2D eigenvalue weighted by Gasteiger charge is -2.37. The summed E-state index contributed by atoms with van der Waals surface area (Å²) in [6, 6.07) is 15.2. The third kappa shape index (κ3) is 5.11. The highest BCUT2D eigenvalue weighted by atomic mass is 16.5. The van der Waals surface area contributed by atoms with E-state index in [1.54, 1.807) is 18.5 Å². The van der Waals surface area contributed by atoms with E-state index in [4.69, 9.17) is 14.9 Å². The molecule has 166 valence electrons. The van der Waals surface area contributed by atoms with Crippen LogP contribution in [0.25, 0.3) is 22.4 Å². The number of benzene rings is 1. The molecule has 2 aromatic heterocycles. The number of carboxylic acids is 1. The van der Waals surface area contributed by atoms with Crippen LogP contribution < -0.4 is 5.56 Å². The van der Waals surface area contributed by atoms with Gasteiger partial charge in [0.1, 0.15) is 6.61 Å². The van der Waals surface area contributed by atoms with Gasteiger partial charge in [0.15, 0.2) is 0 Å². The molecule has 0 atom stereocenters. The maximum atomic E-state index is 13.1. The first-order valence-electron chi connectivity index (χ1n) is 10.9. The molecule has 0 unspecified atom stereocenters. The molecular weight excluding hydrogens is 406 g/mol. The van der Waals surface area contributed by atoms with Crippen LogP contribution in [-0.2, 0) is 16.1 Å². The first-order valence-corrected chi connectivity index (χ1v) is 10.9. The fourth-order valence-corrected chi connectivity index (χ4v) is 4.48. The summed E-state index contributed by atoms with van der Waals surface area (Å²) in [6.45, 7) is 0.371. The molecule has 1 N–H and O–H groups in total. The van der Waals surface area contributed by atoms with Crippen molar-refractivity contribution in [1.29, 1.82) is 0 Å². The van der Waals surface area contributed by atoms with Gasteiger partial charge in [0.25, 0.3) is 5.56 Å². The molecule has 0 amide bonds. The third-order valence-electron chi connectivity index (χ3n) is 6.05. The Labute approximate surface area is 186 Å². The topological polar surface area (TPSA) is 94.3 Å². The van der Waals surface area contributed by atoms with E-state index in [1.165, 1.54) is 4.68 Å². The zero-order chi connectivity index (χ0) is 22.4. The number of nitrogens with zero attached hydrogens (tertiary/aromatic N) is 3. The maximum Gasteiger partial charge on any atom is 0.329 e. The van der Waals surface area contributed by atoms with E-state index < -0.39 is 5.97 Å². The van der Waals surface area contributed by atoms with Gasteiger partial charge < -0.3 is 9.84 Å². The Morgan fingerprint density at radius 3 is 2.50 bits per heavy atom. The summed E-state index contributed by atoms with van der Waals surface area (Å²) in [5.74, 6) is -0.988. The Bertz CT molecular complexity index is 1110. The summed E-state index contributed by atoms with van der Waals surface area (Å²) in [7, 11) is 0. The quantitative estimate of drug-likeness (QED) is 0.577. The van der Waals surface area contributed by atoms with E-state index in [0.29, 0.717) is 13.2 Å². The minimum absolute atomic E-state index is 0.188. The van der Waals surface area contributed by atoms with Gasteiger partial charge in [0.2, 0.25) is 0 Å². The van der Waals surface area contributed by atoms with Crippen LogP contribution in [0.3, 0.4) is 0 Å². The summed E-state index contributed by atoms with van der Waals surface area (Å²) in [5, 5.41) is 13.8. The van der Waals surface area contributed by atoms with Gasteiger partial charge in [-0.3, -0.25) is 9.78 Å². The number of hydrogen-bond donors (Lipinski definition) is 1. The molecule has 4 rings (SSSR count). The van der Waals surface area contributed by atoms with Crippen molar-refractivity contribution >= 4 is 5.97 Å². The van der Waals surface area contributed by atoms with Crippen LogP contribution >= 0.6 is 0 Å². The first kappa shape index (κ1) is 21.9. The second-order valence-electron chi connectivity index (χ2n) is 8.46. The van der Waals surface area contributed by atoms with Crippen LogP contribution in [0.2, 0.25) is 0 Å². The van der Waals surface area contributed by atoms with Gasteiger partial charge in [-0.15, -0.1) is 0 Å². The third-order valence-corrected chi connectivity index (χ3v) is 6.05. The lowest BCUT2D eigenvalue weighted by Crippen LogP contribution is -2.39. The lowest BCUT2D eigenvalue weighted by atomic mass is 9.74. The highest BCUT2D eigenvalue weighted by Gasteiger charge is 2.34. The fraction of sp³-hybridized carbons (Fsp3) is 0.360. The average molecular weight is 434 g/mol. The summed E-state index contributed by atoms with van der Waals surface area (Å²) in [6.07, 6.45) is 8.39. The highest BCUT2D eigenvalue weighted by molar-refractivity contribution is 5.79. The number of carboxylic acid groups (broad SMARTS) is 1. The Morgan fingerprint density at radius 1 is 1.06 bits per heavy atom. The molecule has 1 aliphatic rings. The Balaban J connectivity index is 1.74. The fourth-order valence-electron chi connectivity index (χ4n) is 4.48. The van der Waals surface area contributed by atoms with Gasteiger partial charge in [-0.25, -0.2) is 9.48 Å². The zero-order valence-corrected chi connectivity index (χ0v) is 17.9. The molecule has 1 aromatic carbocycles. The maximum absolute atomic E-state index is 13.1. The molecule has 1 fully saturated rings. The van der Waals surface area contributed by atoms with Gasteiger partial charge in [0.05, 0.1) is 18.8 Å². The molecule has 0 bridgehead atoms. The van der Waals surface area contributed by atoms with Crippen LogP contribution in [-0.4, -0.2) is 39.1 Å². The van der Waals surface area contributed by atoms with Gasteiger partial charge >= 0.3 is 5.97 Å². The van der Waals surface area contributed by atoms with E-state index >= 15 is 0 Å². The molecular formula is C25H27N3O4. The lowest BCUT2D eigenvalue weighted by molar-refractivity contribution is -0.144. The van der Waals surface area contributed by atoms with Crippen LogP contribution in [0.1, 0.15) is 32.1 Å². The molecule has 0 aliphatic heterocycles. The van der Waals surface area contributed by atoms with Crippen LogP contribution in [0, 0.1) is 5.41 Å². The van der Waals surface area contributed by atoms with E-state index in [-0.39, 0.29) is 17.6 Å².